The molecule has 6 aromatic rings. The van der Waals surface area contributed by atoms with E-state index in [1.54, 1.807) is 45.9 Å². The van der Waals surface area contributed by atoms with Crippen molar-refractivity contribution in [3.63, 3.8) is 0 Å². The van der Waals surface area contributed by atoms with Crippen LogP contribution >= 0.6 is 21.6 Å². The minimum absolute atomic E-state index is 0.0738. The second-order valence-electron chi connectivity index (χ2n) is 15.2. The number of nitrogens with one attached hydrogen (secondary N) is 2. The number of anilines is 6. The molecule has 2 aromatic heterocycles. The second kappa shape index (κ2) is 33.5. The zero-order valence-corrected chi connectivity index (χ0v) is 40.8. The number of aliphatic hydroxyl groups excluding tert-OH is 4. The number of hydrogen-bond donors (Lipinski definition) is 10. The van der Waals surface area contributed by atoms with Crippen LogP contribution in [-0.4, -0.2) is 110 Å². The molecule has 0 radical (unpaired) electrons. The number of fused-ring (bicyclic) bond motifs is 2. The van der Waals surface area contributed by atoms with Crippen LogP contribution in [-0.2, 0) is 22.7 Å². The first-order chi connectivity index (χ1) is 33.1. The van der Waals surface area contributed by atoms with Crippen LogP contribution in [0, 0.1) is 0 Å². The van der Waals surface area contributed by atoms with Gasteiger partial charge in [-0.1, -0.05) is 52.8 Å². The largest absolute Gasteiger partial charge is 0.399 e. The van der Waals surface area contributed by atoms with Gasteiger partial charge in [0.05, 0.1) is 48.6 Å². The number of aliphatic hydroxyl groups is 4. The maximum absolute atomic E-state index is 11.9. The maximum atomic E-state index is 11.9. The molecule has 18 heteroatoms. The topological polar surface area (TPSA) is 257 Å². The van der Waals surface area contributed by atoms with E-state index in [1.807, 2.05) is 88.8 Å². The monoisotopic (exact) mass is 973 g/mol. The summed E-state index contributed by atoms with van der Waals surface area (Å²) >= 11 is 0. The van der Waals surface area contributed by atoms with Gasteiger partial charge in [-0.2, -0.15) is 9.13 Å². The SMILES string of the molecule is CCC[n+]1ccc(N)c2ccccc21.Nc1cc[n+](CCCC(=O)NCCSSCCNC=O)c2ccccc12.Nc1ccc(N(CCO)CCO)cc1.Nc1ccc(N(CCO)CCO)cc1. The fourth-order valence-corrected chi connectivity index (χ4v) is 8.68. The molecule has 0 fully saturated rings. The number of aryl methyl sites for hydroxylation is 2. The fourth-order valence-electron chi connectivity index (χ4n) is 6.85. The van der Waals surface area contributed by atoms with Gasteiger partial charge in [0.1, 0.15) is 13.1 Å². The number of hydrogen-bond acceptors (Lipinski definition) is 14. The molecule has 0 saturated carbocycles. The zero-order chi connectivity index (χ0) is 49.4. The third-order valence-corrected chi connectivity index (χ3v) is 12.6. The van der Waals surface area contributed by atoms with Crippen LogP contribution in [0.25, 0.3) is 21.8 Å². The Morgan fingerprint density at radius 3 is 1.46 bits per heavy atom. The summed E-state index contributed by atoms with van der Waals surface area (Å²) in [5.41, 5.74) is 30.3. The van der Waals surface area contributed by atoms with Gasteiger partial charge >= 0.3 is 0 Å². The Balaban J connectivity index is 0.000000252. The van der Waals surface area contributed by atoms with Crippen LogP contribution in [0.4, 0.5) is 34.1 Å². The number of para-hydroxylation sites is 2. The van der Waals surface area contributed by atoms with Gasteiger partial charge in [-0.3, -0.25) is 9.59 Å². The van der Waals surface area contributed by atoms with Gasteiger partial charge in [-0.15, -0.1) is 0 Å². The average molecular weight is 973 g/mol. The lowest BCUT2D eigenvalue weighted by Crippen LogP contribution is -2.35. The van der Waals surface area contributed by atoms with Crippen LogP contribution in [0.3, 0.4) is 0 Å². The van der Waals surface area contributed by atoms with Crippen LogP contribution in [0.5, 0.6) is 0 Å². The third-order valence-electron chi connectivity index (χ3n) is 10.2. The quantitative estimate of drug-likeness (QED) is 0.0136. The Morgan fingerprint density at radius 1 is 0.603 bits per heavy atom. The normalized spacial score (nSPS) is 10.4. The van der Waals surface area contributed by atoms with Crippen LogP contribution < -0.4 is 52.5 Å². The van der Waals surface area contributed by atoms with E-state index >= 15 is 0 Å². The molecular weight excluding hydrogens is 901 g/mol. The van der Waals surface area contributed by atoms with Crippen molar-refractivity contribution in [2.24, 2.45) is 0 Å². The molecule has 0 bridgehead atoms. The van der Waals surface area contributed by atoms with Crippen molar-refractivity contribution < 1.29 is 39.1 Å². The molecule has 4 aromatic carbocycles. The van der Waals surface area contributed by atoms with Crippen molar-refractivity contribution in [2.45, 2.75) is 39.3 Å². The Bertz CT molecular complexity index is 2260. The van der Waals surface area contributed by atoms with Crippen molar-refractivity contribution in [3.8, 4) is 0 Å². The molecular formula is C50H72N10O6S2+2. The molecule has 0 aliphatic rings. The summed E-state index contributed by atoms with van der Waals surface area (Å²) in [7, 11) is 3.39. The highest BCUT2D eigenvalue weighted by Crippen LogP contribution is 2.20. The Morgan fingerprint density at radius 2 is 1.03 bits per heavy atom. The molecule has 16 nitrogen and oxygen atoms in total. The van der Waals surface area contributed by atoms with Crippen molar-refractivity contribution >= 4 is 89.8 Å². The van der Waals surface area contributed by atoms with E-state index in [4.69, 9.17) is 43.4 Å². The third kappa shape index (κ3) is 20.5. The summed E-state index contributed by atoms with van der Waals surface area (Å²) in [5.74, 6) is 1.80. The fraction of sp³-hybridized carbons (Fsp3) is 0.360. The molecule has 0 aliphatic carbocycles. The number of nitrogens with two attached hydrogens (primary N) is 4. The van der Waals surface area contributed by atoms with Gasteiger partial charge in [0, 0.05) is 117 Å². The summed E-state index contributed by atoms with van der Waals surface area (Å²) in [6, 6.07) is 34.9. The Hall–Kier alpha value is -6.02. The lowest BCUT2D eigenvalue weighted by Gasteiger charge is -2.22. The van der Waals surface area contributed by atoms with E-state index in [0.717, 1.165) is 76.5 Å². The van der Waals surface area contributed by atoms with E-state index < -0.39 is 0 Å². The van der Waals surface area contributed by atoms with Gasteiger partial charge in [0.2, 0.25) is 23.4 Å². The lowest BCUT2D eigenvalue weighted by atomic mass is 10.2. The molecule has 2 amide bonds. The minimum Gasteiger partial charge on any atom is -0.399 e. The molecule has 0 aliphatic heterocycles. The number of pyridine rings is 2. The van der Waals surface area contributed by atoms with E-state index in [9.17, 15) is 9.59 Å². The highest BCUT2D eigenvalue weighted by molar-refractivity contribution is 8.76. The molecule has 368 valence electrons. The van der Waals surface area contributed by atoms with Crippen LogP contribution in [0.1, 0.15) is 26.2 Å². The number of carbonyl (C=O) groups is 2. The number of benzene rings is 4. The van der Waals surface area contributed by atoms with Crippen molar-refractivity contribution in [3.05, 3.63) is 122 Å². The first-order valence-corrected chi connectivity index (χ1v) is 25.2. The predicted octanol–water partition coefficient (Wildman–Crippen LogP) is 3.97. The molecule has 2 heterocycles. The molecule has 0 unspecified atom stereocenters. The number of aromatic nitrogens is 2. The van der Waals surface area contributed by atoms with E-state index in [-0.39, 0.29) is 32.3 Å². The van der Waals surface area contributed by atoms with E-state index in [2.05, 4.69) is 45.0 Å². The molecule has 0 saturated heterocycles. The van der Waals surface area contributed by atoms with Gasteiger partial charge in [0.25, 0.3) is 0 Å². The molecule has 6 rings (SSSR count). The number of amides is 2. The summed E-state index contributed by atoms with van der Waals surface area (Å²) in [4.78, 5) is 25.8. The smallest absolute Gasteiger partial charge is 0.220 e. The first-order valence-electron chi connectivity index (χ1n) is 22.8. The lowest BCUT2D eigenvalue weighted by molar-refractivity contribution is -0.671. The molecule has 68 heavy (non-hydrogen) atoms. The molecule has 0 spiro atoms. The van der Waals surface area contributed by atoms with Gasteiger partial charge in [-0.05, 0) is 60.7 Å². The number of rotatable bonds is 24. The summed E-state index contributed by atoms with van der Waals surface area (Å²) in [6.45, 7) is 7.70. The van der Waals surface area contributed by atoms with Crippen LogP contribution in [0.15, 0.2) is 122 Å². The number of nitrogens with zero attached hydrogens (tertiary/aromatic N) is 4. The van der Waals surface area contributed by atoms with Gasteiger partial charge in [0.15, 0.2) is 12.4 Å². The zero-order valence-electron chi connectivity index (χ0n) is 39.2. The van der Waals surface area contributed by atoms with Gasteiger partial charge < -0.3 is 63.8 Å². The maximum Gasteiger partial charge on any atom is 0.220 e. The van der Waals surface area contributed by atoms with E-state index in [0.29, 0.717) is 63.5 Å². The van der Waals surface area contributed by atoms with Crippen LogP contribution in [0.2, 0.25) is 0 Å². The first kappa shape index (κ1) is 56.3. The predicted molar refractivity (Wildman–Crippen MR) is 283 cm³/mol. The minimum atomic E-state index is 0.0738. The Kier molecular flexibility index (Phi) is 27.7. The number of nitrogen functional groups attached to an aromatic ring is 4. The highest BCUT2D eigenvalue weighted by Gasteiger charge is 2.12. The molecule has 14 N–H and O–H groups in total. The summed E-state index contributed by atoms with van der Waals surface area (Å²) in [5, 5.41) is 43.1. The number of carbonyl (C=O) groups excluding carboxylic acids is 2. The second-order valence-corrected chi connectivity index (χ2v) is 17.9. The molecule has 0 atom stereocenters. The van der Waals surface area contributed by atoms with Crippen molar-refractivity contribution in [2.75, 3.05) is 110 Å². The standard InChI is InChI=1S/C18H24N4O2S2.C12H14N2.2C10H16N2O2/c19-16-7-11-22(17-5-2-1-4-15(16)17)10-3-6-18(24)21-9-13-26-25-12-8-20-14-23;1-2-8-14-9-7-11(13)10-5-3-4-6-12(10)14;2*11-9-1-3-10(4-2-9)12(5-7-13)6-8-14/h1-2,4-5,7,11,14,19H,3,6,8-10,12-13H2,(H2,20,21,23,24);3-7,9,13H,2,8H2,1H3;2*1-4,13-14H,5-8,11H2/p+2. The highest BCUT2D eigenvalue weighted by atomic mass is 33.1. The average Bonchev–Trinajstić information content (AvgIpc) is 3.35. The summed E-state index contributed by atoms with van der Waals surface area (Å²) in [6.07, 6.45) is 7.16. The summed E-state index contributed by atoms with van der Waals surface area (Å²) < 4.78 is 4.38. The van der Waals surface area contributed by atoms with E-state index in [1.165, 1.54) is 5.52 Å². The Labute approximate surface area is 408 Å². The van der Waals surface area contributed by atoms with Crippen molar-refractivity contribution in [1.82, 2.24) is 10.6 Å². The van der Waals surface area contributed by atoms with Gasteiger partial charge in [-0.25, -0.2) is 0 Å². The van der Waals surface area contributed by atoms with Crippen molar-refractivity contribution in [1.29, 1.82) is 0 Å².